The summed E-state index contributed by atoms with van der Waals surface area (Å²) in [7, 11) is 0. The highest BCUT2D eigenvalue weighted by Crippen LogP contribution is 2.34. The van der Waals surface area contributed by atoms with Crippen LogP contribution in [0.5, 0.6) is 11.5 Å². The third-order valence-electron chi connectivity index (χ3n) is 3.29. The zero-order chi connectivity index (χ0) is 14.7. The number of carboxylic acid groups (broad SMARTS) is 1. The van der Waals surface area contributed by atoms with Crippen molar-refractivity contribution in [2.24, 2.45) is 0 Å². The average molecular weight is 285 g/mol. The summed E-state index contributed by atoms with van der Waals surface area (Å²) in [5.41, 5.74) is 1.67. The van der Waals surface area contributed by atoms with Gasteiger partial charge in [-0.15, -0.1) is 0 Å². The lowest BCUT2D eigenvalue weighted by Crippen LogP contribution is -2.31. The minimum atomic E-state index is -0.892. The van der Waals surface area contributed by atoms with Crippen LogP contribution in [0.1, 0.15) is 5.56 Å². The van der Waals surface area contributed by atoms with Gasteiger partial charge in [-0.3, -0.25) is 0 Å². The van der Waals surface area contributed by atoms with Crippen LogP contribution >= 0.6 is 0 Å². The number of ether oxygens (including phenoxy) is 2. The normalized spacial score (nSPS) is 13.7. The fourth-order valence-electron chi connectivity index (χ4n) is 2.24. The molecule has 0 aliphatic carbocycles. The first-order chi connectivity index (χ1) is 10.2. The van der Waals surface area contributed by atoms with E-state index in [4.69, 9.17) is 9.47 Å². The van der Waals surface area contributed by atoms with E-state index in [-0.39, 0.29) is 6.79 Å². The van der Waals surface area contributed by atoms with Gasteiger partial charge in [-0.2, -0.15) is 0 Å². The van der Waals surface area contributed by atoms with Crippen LogP contribution in [0.2, 0.25) is 0 Å². The predicted molar refractivity (Wildman–Crippen MR) is 77.8 cm³/mol. The Balaban J connectivity index is 1.75. The number of hydrogen-bond acceptors (Lipinski definition) is 4. The van der Waals surface area contributed by atoms with E-state index in [1.54, 1.807) is 18.2 Å². The van der Waals surface area contributed by atoms with E-state index >= 15 is 0 Å². The summed E-state index contributed by atoms with van der Waals surface area (Å²) in [5.74, 6) is 0.413. The van der Waals surface area contributed by atoms with Gasteiger partial charge in [0.1, 0.15) is 6.04 Å². The van der Waals surface area contributed by atoms with Gasteiger partial charge in [-0.1, -0.05) is 30.3 Å². The third-order valence-corrected chi connectivity index (χ3v) is 3.29. The van der Waals surface area contributed by atoms with Crippen molar-refractivity contribution in [3.8, 4) is 11.5 Å². The van der Waals surface area contributed by atoms with E-state index < -0.39 is 12.0 Å². The van der Waals surface area contributed by atoms with E-state index in [2.05, 4.69) is 5.32 Å². The van der Waals surface area contributed by atoms with Crippen molar-refractivity contribution >= 4 is 11.7 Å². The van der Waals surface area contributed by atoms with Crippen LogP contribution in [-0.2, 0) is 11.2 Å². The first kappa shape index (κ1) is 13.3. The molecule has 0 amide bonds. The van der Waals surface area contributed by atoms with Crippen molar-refractivity contribution in [3.63, 3.8) is 0 Å². The number of anilines is 1. The quantitative estimate of drug-likeness (QED) is 0.883. The monoisotopic (exact) mass is 285 g/mol. The van der Waals surface area contributed by atoms with Gasteiger partial charge in [0.15, 0.2) is 11.5 Å². The Hall–Kier alpha value is -2.69. The summed E-state index contributed by atoms with van der Waals surface area (Å²) in [5, 5.41) is 12.4. The molecule has 21 heavy (non-hydrogen) atoms. The van der Waals surface area contributed by atoms with Crippen LogP contribution in [0.15, 0.2) is 48.5 Å². The molecule has 3 rings (SSSR count). The average Bonchev–Trinajstić information content (AvgIpc) is 2.95. The molecule has 0 aromatic heterocycles. The van der Waals surface area contributed by atoms with E-state index in [0.29, 0.717) is 23.6 Å². The minimum absolute atomic E-state index is 0.200. The second kappa shape index (κ2) is 5.75. The largest absolute Gasteiger partial charge is 0.480 e. The van der Waals surface area contributed by atoms with Crippen LogP contribution in [0, 0.1) is 0 Å². The number of hydrogen-bond donors (Lipinski definition) is 2. The molecule has 2 aromatic carbocycles. The summed E-state index contributed by atoms with van der Waals surface area (Å²) in [6.45, 7) is 0.200. The van der Waals surface area contributed by atoms with E-state index in [0.717, 1.165) is 5.56 Å². The first-order valence-corrected chi connectivity index (χ1v) is 6.65. The fourth-order valence-corrected chi connectivity index (χ4v) is 2.24. The molecule has 5 heteroatoms. The van der Waals surface area contributed by atoms with Crippen LogP contribution in [0.4, 0.5) is 5.69 Å². The second-order valence-electron chi connectivity index (χ2n) is 4.79. The van der Waals surface area contributed by atoms with Crippen LogP contribution in [-0.4, -0.2) is 23.9 Å². The van der Waals surface area contributed by atoms with Gasteiger partial charge in [-0.05, 0) is 17.7 Å². The van der Waals surface area contributed by atoms with E-state index in [1.165, 1.54) is 0 Å². The number of benzene rings is 2. The van der Waals surface area contributed by atoms with Crippen LogP contribution < -0.4 is 14.8 Å². The smallest absolute Gasteiger partial charge is 0.326 e. The van der Waals surface area contributed by atoms with E-state index in [9.17, 15) is 9.90 Å². The van der Waals surface area contributed by atoms with Gasteiger partial charge in [0.25, 0.3) is 0 Å². The lowest BCUT2D eigenvalue weighted by atomic mass is 10.1. The molecule has 1 aliphatic rings. The Morgan fingerprint density at radius 2 is 1.90 bits per heavy atom. The van der Waals surface area contributed by atoms with Gasteiger partial charge >= 0.3 is 5.97 Å². The fraction of sp³-hybridized carbons (Fsp3) is 0.188. The molecule has 1 unspecified atom stereocenters. The highest BCUT2D eigenvalue weighted by Gasteiger charge is 2.19. The van der Waals surface area contributed by atoms with Gasteiger partial charge in [0, 0.05) is 18.2 Å². The Bertz CT molecular complexity index is 642. The predicted octanol–water partition coefficient (Wildman–Crippen LogP) is 2.52. The lowest BCUT2D eigenvalue weighted by molar-refractivity contribution is -0.137. The number of rotatable bonds is 5. The van der Waals surface area contributed by atoms with Gasteiger partial charge in [-0.25, -0.2) is 4.79 Å². The topological polar surface area (TPSA) is 67.8 Å². The zero-order valence-corrected chi connectivity index (χ0v) is 11.3. The Morgan fingerprint density at radius 3 is 2.67 bits per heavy atom. The molecule has 0 bridgehead atoms. The van der Waals surface area contributed by atoms with Gasteiger partial charge in [0.05, 0.1) is 0 Å². The standard InChI is InChI=1S/C16H15NO4/c18-16(19)13(8-11-4-2-1-3-5-11)17-12-6-7-14-15(9-12)21-10-20-14/h1-7,9,13,17H,8,10H2,(H,18,19). The maximum Gasteiger partial charge on any atom is 0.326 e. The van der Waals surface area contributed by atoms with Crippen molar-refractivity contribution in [2.75, 3.05) is 12.1 Å². The molecule has 2 N–H and O–H groups in total. The molecular weight excluding hydrogens is 270 g/mol. The molecule has 0 radical (unpaired) electrons. The van der Waals surface area contributed by atoms with Crippen molar-refractivity contribution < 1.29 is 19.4 Å². The molecule has 0 saturated carbocycles. The van der Waals surface area contributed by atoms with Crippen molar-refractivity contribution in [3.05, 3.63) is 54.1 Å². The SMILES string of the molecule is O=C(O)C(Cc1ccccc1)Nc1ccc2c(c1)OCO2. The summed E-state index contributed by atoms with van der Waals surface area (Å²) in [6.07, 6.45) is 0.407. The first-order valence-electron chi connectivity index (χ1n) is 6.65. The summed E-state index contributed by atoms with van der Waals surface area (Å²) in [4.78, 5) is 11.4. The van der Waals surface area contributed by atoms with Gasteiger partial charge < -0.3 is 19.9 Å². The minimum Gasteiger partial charge on any atom is -0.480 e. The molecule has 0 spiro atoms. The maximum absolute atomic E-state index is 11.4. The van der Waals surface area contributed by atoms with Crippen LogP contribution in [0.25, 0.3) is 0 Å². The Morgan fingerprint density at radius 1 is 1.14 bits per heavy atom. The molecule has 108 valence electrons. The molecular formula is C16H15NO4. The van der Waals surface area contributed by atoms with E-state index in [1.807, 2.05) is 30.3 Å². The van der Waals surface area contributed by atoms with Crippen molar-refractivity contribution in [2.45, 2.75) is 12.5 Å². The van der Waals surface area contributed by atoms with Crippen molar-refractivity contribution in [1.82, 2.24) is 0 Å². The molecule has 1 atom stereocenters. The number of nitrogens with one attached hydrogen (secondary N) is 1. The second-order valence-corrected chi connectivity index (χ2v) is 4.79. The Labute approximate surface area is 122 Å². The van der Waals surface area contributed by atoms with Crippen LogP contribution in [0.3, 0.4) is 0 Å². The molecule has 2 aromatic rings. The molecule has 1 aliphatic heterocycles. The number of carbonyl (C=O) groups is 1. The Kier molecular flexibility index (Phi) is 3.64. The summed E-state index contributed by atoms with van der Waals surface area (Å²) in [6, 6.07) is 14.1. The molecule has 0 saturated heterocycles. The third kappa shape index (κ3) is 3.08. The summed E-state index contributed by atoms with van der Waals surface area (Å²) < 4.78 is 10.5. The number of fused-ring (bicyclic) bond motifs is 1. The highest BCUT2D eigenvalue weighted by molar-refractivity contribution is 5.78. The van der Waals surface area contributed by atoms with Gasteiger partial charge in [0.2, 0.25) is 6.79 Å². The summed E-state index contributed by atoms with van der Waals surface area (Å²) >= 11 is 0. The maximum atomic E-state index is 11.4. The molecule has 1 heterocycles. The highest BCUT2D eigenvalue weighted by atomic mass is 16.7. The zero-order valence-electron chi connectivity index (χ0n) is 11.3. The van der Waals surface area contributed by atoms with Crippen molar-refractivity contribution in [1.29, 1.82) is 0 Å². The number of aliphatic carboxylic acids is 1. The lowest BCUT2D eigenvalue weighted by Gasteiger charge is -2.16. The number of carboxylic acids is 1. The molecule has 5 nitrogen and oxygen atoms in total. The molecule has 0 fully saturated rings.